The van der Waals surface area contributed by atoms with E-state index in [1.54, 1.807) is 0 Å². The molecule has 0 bridgehead atoms. The number of ether oxygens (including phenoxy) is 7. The van der Waals surface area contributed by atoms with Crippen molar-refractivity contribution in [2.75, 3.05) is 20.3 Å². The molecule has 1 aromatic carbocycles. The summed E-state index contributed by atoms with van der Waals surface area (Å²) in [5, 5.41) is 92.6. The van der Waals surface area contributed by atoms with Crippen molar-refractivity contribution in [3.8, 4) is 11.5 Å². The molecule has 47 heavy (non-hydrogen) atoms. The maximum atomic E-state index is 11.7. The predicted octanol–water partition coefficient (Wildman–Crippen LogP) is -5.56. The summed E-state index contributed by atoms with van der Waals surface area (Å²) in [7, 11) is -3.91. The summed E-state index contributed by atoms with van der Waals surface area (Å²) in [5.41, 5.74) is 0. The lowest BCUT2D eigenvalue weighted by Gasteiger charge is -2.48. The van der Waals surface area contributed by atoms with Crippen molar-refractivity contribution in [1.82, 2.24) is 0 Å². The third-order valence-electron chi connectivity index (χ3n) is 7.56. The number of hydrogen-bond acceptors (Lipinski definition) is 19. The molecule has 3 fully saturated rings. The number of rotatable bonds is 12. The summed E-state index contributed by atoms with van der Waals surface area (Å²) >= 11 is 0. The van der Waals surface area contributed by atoms with E-state index in [1.807, 2.05) is 0 Å². The Morgan fingerprint density at radius 2 is 1.23 bits per heavy atom. The van der Waals surface area contributed by atoms with E-state index >= 15 is 0 Å². The smallest absolute Gasteiger partial charge is 0.397 e. The van der Waals surface area contributed by atoms with E-state index in [0.29, 0.717) is 5.75 Å². The first-order valence-electron chi connectivity index (χ1n) is 13.9. The number of aliphatic carboxylic acids is 1. The highest BCUT2D eigenvalue weighted by atomic mass is 32.3. The summed E-state index contributed by atoms with van der Waals surface area (Å²) in [4.78, 5) is 11.5. The van der Waals surface area contributed by atoms with Crippen molar-refractivity contribution in [3.05, 3.63) is 24.3 Å². The average molecular weight is 705 g/mol. The molecule has 3 aliphatic heterocycles. The minimum Gasteiger partial charge on any atom is -0.497 e. The van der Waals surface area contributed by atoms with Crippen molar-refractivity contribution >= 4 is 16.4 Å². The zero-order chi connectivity index (χ0) is 34.8. The molecule has 3 saturated heterocycles. The molecule has 1 aromatic rings. The van der Waals surface area contributed by atoms with E-state index < -0.39 is 122 Å². The van der Waals surface area contributed by atoms with Gasteiger partial charge in [0.05, 0.1) is 20.3 Å². The van der Waals surface area contributed by atoms with Crippen molar-refractivity contribution in [3.63, 3.8) is 0 Å². The molecule has 0 aromatic heterocycles. The minimum absolute atomic E-state index is 0.0864. The van der Waals surface area contributed by atoms with Crippen LogP contribution in [-0.2, 0) is 43.1 Å². The van der Waals surface area contributed by atoms with Crippen LogP contribution < -0.4 is 9.47 Å². The van der Waals surface area contributed by atoms with Gasteiger partial charge in [-0.3, -0.25) is 4.55 Å². The third-order valence-corrected chi connectivity index (χ3v) is 8.02. The lowest BCUT2D eigenvalue weighted by atomic mass is 9.96. The van der Waals surface area contributed by atoms with Crippen LogP contribution in [-0.4, -0.2) is 177 Å². The molecule has 3 heterocycles. The largest absolute Gasteiger partial charge is 0.497 e. The number of benzene rings is 1. The number of carboxylic acids is 1. The summed E-state index contributed by atoms with van der Waals surface area (Å²) in [6, 6.07) is 5.80. The predicted molar refractivity (Wildman–Crippen MR) is 144 cm³/mol. The minimum atomic E-state index is -5.33. The molecule has 4 rings (SSSR count). The van der Waals surface area contributed by atoms with E-state index in [2.05, 4.69) is 4.18 Å². The molecule has 268 valence electrons. The van der Waals surface area contributed by atoms with Gasteiger partial charge in [0.25, 0.3) is 0 Å². The molecule has 0 radical (unpaired) electrons. The first kappa shape index (κ1) is 37.5. The first-order chi connectivity index (χ1) is 22.1. The Kier molecular flexibility index (Phi) is 12.3. The summed E-state index contributed by atoms with van der Waals surface area (Å²) in [6.45, 7) is -1.98. The van der Waals surface area contributed by atoms with Crippen LogP contribution in [0.15, 0.2) is 24.3 Å². The third kappa shape index (κ3) is 8.45. The molecule has 3 aliphatic rings. The molecular weight excluding hydrogens is 668 g/mol. The van der Waals surface area contributed by atoms with Crippen LogP contribution in [0.25, 0.3) is 0 Å². The SMILES string of the molecule is COc1ccc(O[C@@H]2O[C@H](CO)[C@H](OS(=O)(=O)O)[C@H](O[C@@H]3O[C@H](CO)[C@H](O)[C@H](O[C@@H]4O[C@H](C(=O)O)[C@@H](O)[C@H](O)[C@H]4O)[C@H]3O)[C@H]2O)cc1. The average Bonchev–Trinajstić information content (AvgIpc) is 3.02. The normalized spacial score (nSPS) is 41.3. The molecule has 10 N–H and O–H groups in total. The van der Waals surface area contributed by atoms with Crippen LogP contribution in [0.5, 0.6) is 11.5 Å². The molecule has 15 atom stereocenters. The zero-order valence-electron chi connectivity index (χ0n) is 24.3. The fraction of sp³-hybridized carbons (Fsp3) is 0.720. The van der Waals surface area contributed by atoms with Gasteiger partial charge in [-0.25, -0.2) is 8.98 Å². The lowest BCUT2D eigenvalue weighted by molar-refractivity contribution is -0.375. The highest BCUT2D eigenvalue weighted by molar-refractivity contribution is 7.80. The lowest BCUT2D eigenvalue weighted by Crippen LogP contribution is -2.67. The number of carboxylic acid groups (broad SMARTS) is 1. The van der Waals surface area contributed by atoms with Crippen LogP contribution in [0.3, 0.4) is 0 Å². The Hall–Kier alpha value is -2.36. The maximum absolute atomic E-state index is 11.7. The van der Waals surface area contributed by atoms with Gasteiger partial charge in [0.1, 0.15) is 78.6 Å². The summed E-state index contributed by atoms with van der Waals surface area (Å²) in [5.74, 6) is -1.24. The van der Waals surface area contributed by atoms with Crippen LogP contribution >= 0.6 is 0 Å². The first-order valence-corrected chi connectivity index (χ1v) is 15.2. The standard InChI is InChI=1S/C25H36O21S/c1-39-8-2-4-9(5-3-8)40-24-17(33)20(18(11(7-27)42-24)46-47(36,37)38)44-25-16(32)19(12(28)10(6-26)41-25)43-23-15(31)13(29)14(30)21(45-23)22(34)35/h2-5,10-21,23-33H,6-7H2,1H3,(H,34,35)(H,36,37,38)/t10-,11-,12+,13+,14+,15-,16-,17-,18+,19+,20-,21+,23-,24-,25+/m1/s1. The van der Waals surface area contributed by atoms with E-state index in [9.17, 15) is 63.7 Å². The quantitative estimate of drug-likeness (QED) is 0.0907. The van der Waals surface area contributed by atoms with Gasteiger partial charge in [-0.2, -0.15) is 8.42 Å². The second kappa shape index (κ2) is 15.5. The highest BCUT2D eigenvalue weighted by Gasteiger charge is 2.55. The molecule has 21 nitrogen and oxygen atoms in total. The zero-order valence-corrected chi connectivity index (χ0v) is 25.1. The van der Waals surface area contributed by atoms with Crippen LogP contribution in [0, 0.1) is 0 Å². The molecule has 0 amide bonds. The van der Waals surface area contributed by atoms with Gasteiger partial charge >= 0.3 is 16.4 Å². The van der Waals surface area contributed by atoms with Gasteiger partial charge in [-0.15, -0.1) is 0 Å². The topological polar surface area (TPSA) is 327 Å². The Bertz CT molecular complexity index is 1280. The van der Waals surface area contributed by atoms with Gasteiger partial charge in [0.2, 0.25) is 6.29 Å². The second-order valence-electron chi connectivity index (χ2n) is 10.6. The monoisotopic (exact) mass is 704 g/mol. The Labute approximate surface area is 265 Å². The summed E-state index contributed by atoms with van der Waals surface area (Å²) in [6.07, 6.45) is -30.0. The Morgan fingerprint density at radius 3 is 1.79 bits per heavy atom. The van der Waals surface area contributed by atoms with Gasteiger partial charge in [0.15, 0.2) is 18.7 Å². The number of carbonyl (C=O) groups is 1. The van der Waals surface area contributed by atoms with Crippen molar-refractivity contribution in [2.24, 2.45) is 0 Å². The molecule has 0 unspecified atom stereocenters. The van der Waals surface area contributed by atoms with E-state index in [1.165, 1.54) is 31.4 Å². The number of methoxy groups -OCH3 is 1. The van der Waals surface area contributed by atoms with Gasteiger partial charge in [-0.05, 0) is 24.3 Å². The number of aliphatic hydroxyl groups is 8. The molecule has 0 spiro atoms. The number of aliphatic hydroxyl groups excluding tert-OH is 8. The van der Waals surface area contributed by atoms with Gasteiger partial charge < -0.3 is 79.1 Å². The molecule has 0 aliphatic carbocycles. The fourth-order valence-corrected chi connectivity index (χ4v) is 5.65. The second-order valence-corrected chi connectivity index (χ2v) is 11.7. The maximum Gasteiger partial charge on any atom is 0.397 e. The van der Waals surface area contributed by atoms with Crippen molar-refractivity contribution in [1.29, 1.82) is 0 Å². The van der Waals surface area contributed by atoms with Crippen LogP contribution in [0.1, 0.15) is 0 Å². The van der Waals surface area contributed by atoms with Crippen molar-refractivity contribution in [2.45, 2.75) is 92.1 Å². The van der Waals surface area contributed by atoms with Crippen LogP contribution in [0.4, 0.5) is 0 Å². The van der Waals surface area contributed by atoms with E-state index in [4.69, 9.17) is 33.2 Å². The fourth-order valence-electron chi connectivity index (χ4n) is 5.14. The molecular formula is C25H36O21S. The van der Waals surface area contributed by atoms with Crippen molar-refractivity contribution < 1.29 is 101 Å². The number of hydrogen-bond donors (Lipinski definition) is 10. The molecule has 22 heteroatoms. The summed E-state index contributed by atoms with van der Waals surface area (Å²) < 4.78 is 75.1. The van der Waals surface area contributed by atoms with Crippen LogP contribution in [0.2, 0.25) is 0 Å². The molecule has 0 saturated carbocycles. The van der Waals surface area contributed by atoms with Gasteiger partial charge in [-0.1, -0.05) is 0 Å². The highest BCUT2D eigenvalue weighted by Crippen LogP contribution is 2.34. The van der Waals surface area contributed by atoms with Gasteiger partial charge in [0, 0.05) is 0 Å². The Morgan fingerprint density at radius 1 is 0.702 bits per heavy atom. The van der Waals surface area contributed by atoms with E-state index in [-0.39, 0.29) is 5.75 Å². The van der Waals surface area contributed by atoms with E-state index in [0.717, 1.165) is 0 Å². The Balaban J connectivity index is 1.62.